The van der Waals surface area contributed by atoms with Crippen LogP contribution in [0.4, 0.5) is 5.69 Å². The average Bonchev–Trinajstić information content (AvgIpc) is 2.34. The van der Waals surface area contributed by atoms with Crippen molar-refractivity contribution in [3.05, 3.63) is 58.7 Å². The molecular weight excluding hydrogens is 222 g/mol. The zero-order chi connectivity index (χ0) is 13.1. The van der Waals surface area contributed by atoms with Crippen molar-refractivity contribution in [3.63, 3.8) is 0 Å². The van der Waals surface area contributed by atoms with Gasteiger partial charge in [-0.1, -0.05) is 18.2 Å². The lowest BCUT2D eigenvalue weighted by Crippen LogP contribution is -1.98. The third kappa shape index (κ3) is 2.65. The number of aryl methyl sites for hydroxylation is 2. The maximum atomic E-state index is 5.70. The second-order valence-corrected chi connectivity index (χ2v) is 4.68. The maximum absolute atomic E-state index is 5.70. The van der Waals surface area contributed by atoms with E-state index in [1.807, 2.05) is 12.1 Å². The Balaban J connectivity index is 2.36. The Hall–Kier alpha value is -1.96. The minimum absolute atomic E-state index is 0.798. The summed E-state index contributed by atoms with van der Waals surface area (Å²) in [6.45, 7) is 4.21. The summed E-state index contributed by atoms with van der Waals surface area (Å²) in [6.07, 6.45) is 0.871. The van der Waals surface area contributed by atoms with Crippen LogP contribution in [-0.4, -0.2) is 7.11 Å². The number of nitrogens with two attached hydrogens (primary N) is 1. The number of nitrogen functional groups attached to an aromatic ring is 1. The van der Waals surface area contributed by atoms with Gasteiger partial charge in [-0.25, -0.2) is 0 Å². The Kier molecular flexibility index (Phi) is 3.56. The van der Waals surface area contributed by atoms with Gasteiger partial charge in [-0.3, -0.25) is 0 Å². The molecule has 0 aliphatic carbocycles. The first-order chi connectivity index (χ1) is 8.60. The molecule has 0 amide bonds. The third-order valence-electron chi connectivity index (χ3n) is 3.16. The fourth-order valence-corrected chi connectivity index (χ4v) is 2.21. The number of hydrogen-bond acceptors (Lipinski definition) is 2. The Morgan fingerprint density at radius 2 is 1.72 bits per heavy atom. The molecule has 2 aromatic carbocycles. The summed E-state index contributed by atoms with van der Waals surface area (Å²) in [7, 11) is 1.72. The Bertz CT molecular complexity index is 544. The zero-order valence-electron chi connectivity index (χ0n) is 11.2. The van der Waals surface area contributed by atoms with E-state index in [1.54, 1.807) is 7.11 Å². The molecule has 2 heteroatoms. The third-order valence-corrected chi connectivity index (χ3v) is 3.16. The van der Waals surface area contributed by atoms with E-state index in [0.717, 1.165) is 17.9 Å². The van der Waals surface area contributed by atoms with Crippen molar-refractivity contribution >= 4 is 5.69 Å². The van der Waals surface area contributed by atoms with Gasteiger partial charge < -0.3 is 10.5 Å². The summed E-state index contributed by atoms with van der Waals surface area (Å²) < 4.78 is 5.48. The van der Waals surface area contributed by atoms with Crippen molar-refractivity contribution in [2.45, 2.75) is 20.3 Å². The van der Waals surface area contributed by atoms with E-state index >= 15 is 0 Å². The van der Waals surface area contributed by atoms with Crippen molar-refractivity contribution in [1.82, 2.24) is 0 Å². The Morgan fingerprint density at radius 3 is 2.33 bits per heavy atom. The molecule has 94 valence electrons. The maximum Gasteiger partial charge on any atom is 0.122 e. The first kappa shape index (κ1) is 12.5. The molecule has 0 heterocycles. The van der Waals surface area contributed by atoms with E-state index in [0.29, 0.717) is 0 Å². The van der Waals surface area contributed by atoms with Crippen LogP contribution in [0, 0.1) is 13.8 Å². The molecule has 2 aromatic rings. The molecule has 2 N–H and O–H groups in total. The Labute approximate surface area is 108 Å². The predicted octanol–water partition coefficient (Wildman–Crippen LogP) is 3.49. The minimum atomic E-state index is 0.798. The highest BCUT2D eigenvalue weighted by molar-refractivity contribution is 5.47. The first-order valence-electron chi connectivity index (χ1n) is 6.08. The number of rotatable bonds is 3. The smallest absolute Gasteiger partial charge is 0.122 e. The Morgan fingerprint density at radius 1 is 1.06 bits per heavy atom. The van der Waals surface area contributed by atoms with Crippen LogP contribution in [0.3, 0.4) is 0 Å². The van der Waals surface area contributed by atoms with Gasteiger partial charge in [-0.2, -0.15) is 0 Å². The first-order valence-corrected chi connectivity index (χ1v) is 6.08. The van der Waals surface area contributed by atoms with E-state index in [9.17, 15) is 0 Å². The number of hydrogen-bond donors (Lipinski definition) is 1. The molecule has 0 fully saturated rings. The van der Waals surface area contributed by atoms with Crippen LogP contribution in [0.5, 0.6) is 5.75 Å². The molecule has 0 atom stereocenters. The van der Waals surface area contributed by atoms with E-state index in [2.05, 4.69) is 38.1 Å². The second-order valence-electron chi connectivity index (χ2n) is 4.68. The molecule has 0 aliphatic rings. The molecule has 0 spiro atoms. The van der Waals surface area contributed by atoms with E-state index in [-0.39, 0.29) is 0 Å². The summed E-state index contributed by atoms with van der Waals surface area (Å²) in [5, 5.41) is 0. The summed E-state index contributed by atoms with van der Waals surface area (Å²) in [6, 6.07) is 12.3. The summed E-state index contributed by atoms with van der Waals surface area (Å²) >= 11 is 0. The van der Waals surface area contributed by atoms with E-state index in [4.69, 9.17) is 10.5 Å². The number of benzene rings is 2. The van der Waals surface area contributed by atoms with Gasteiger partial charge >= 0.3 is 0 Å². The number of ether oxygens (including phenoxy) is 1. The lowest BCUT2D eigenvalue weighted by molar-refractivity contribution is 0.410. The second kappa shape index (κ2) is 5.13. The molecule has 0 saturated heterocycles. The van der Waals surface area contributed by atoms with Gasteiger partial charge in [0.25, 0.3) is 0 Å². The van der Waals surface area contributed by atoms with Crippen molar-refractivity contribution in [3.8, 4) is 5.75 Å². The van der Waals surface area contributed by atoms with Crippen LogP contribution < -0.4 is 10.5 Å². The molecule has 2 rings (SSSR count). The van der Waals surface area contributed by atoms with Crippen molar-refractivity contribution in [2.24, 2.45) is 0 Å². The van der Waals surface area contributed by atoms with E-state index in [1.165, 1.54) is 22.3 Å². The lowest BCUT2D eigenvalue weighted by Gasteiger charge is -2.13. The van der Waals surface area contributed by atoms with Crippen molar-refractivity contribution in [1.29, 1.82) is 0 Å². The summed E-state index contributed by atoms with van der Waals surface area (Å²) in [5.41, 5.74) is 11.5. The van der Waals surface area contributed by atoms with Gasteiger partial charge in [0.1, 0.15) is 5.75 Å². The molecule has 0 aliphatic heterocycles. The molecule has 0 radical (unpaired) electrons. The molecule has 2 nitrogen and oxygen atoms in total. The van der Waals surface area contributed by atoms with Crippen LogP contribution in [0.1, 0.15) is 22.3 Å². The topological polar surface area (TPSA) is 35.2 Å². The summed E-state index contributed by atoms with van der Waals surface area (Å²) in [4.78, 5) is 0. The molecular formula is C16H19NO. The van der Waals surface area contributed by atoms with Gasteiger partial charge in [0.2, 0.25) is 0 Å². The van der Waals surface area contributed by atoms with Crippen LogP contribution in [0.2, 0.25) is 0 Å². The highest BCUT2D eigenvalue weighted by Crippen LogP contribution is 2.26. The monoisotopic (exact) mass is 241 g/mol. The molecule has 0 aromatic heterocycles. The molecule has 0 saturated carbocycles. The minimum Gasteiger partial charge on any atom is -0.496 e. The van der Waals surface area contributed by atoms with Gasteiger partial charge in [-0.05, 0) is 48.7 Å². The standard InChI is InChI=1S/C16H19NO/c1-11-8-12(2)15(16(9-11)18-3)10-13-4-6-14(17)7-5-13/h4-9H,10,17H2,1-3H3. The summed E-state index contributed by atoms with van der Waals surface area (Å²) in [5.74, 6) is 0.962. The fraction of sp³-hybridized carbons (Fsp3) is 0.250. The number of anilines is 1. The number of methoxy groups -OCH3 is 1. The van der Waals surface area contributed by atoms with Crippen LogP contribution in [0.25, 0.3) is 0 Å². The zero-order valence-corrected chi connectivity index (χ0v) is 11.2. The van der Waals surface area contributed by atoms with Crippen molar-refractivity contribution in [2.75, 3.05) is 12.8 Å². The van der Waals surface area contributed by atoms with E-state index < -0.39 is 0 Å². The highest BCUT2D eigenvalue weighted by atomic mass is 16.5. The highest BCUT2D eigenvalue weighted by Gasteiger charge is 2.08. The van der Waals surface area contributed by atoms with Crippen LogP contribution in [0.15, 0.2) is 36.4 Å². The lowest BCUT2D eigenvalue weighted by atomic mass is 9.97. The predicted molar refractivity (Wildman–Crippen MR) is 76.1 cm³/mol. The van der Waals surface area contributed by atoms with Crippen molar-refractivity contribution < 1.29 is 4.74 Å². The normalized spacial score (nSPS) is 10.4. The molecule has 0 unspecified atom stereocenters. The molecule has 0 bridgehead atoms. The van der Waals surface area contributed by atoms with Crippen LogP contribution in [-0.2, 0) is 6.42 Å². The van der Waals surface area contributed by atoms with Crippen LogP contribution >= 0.6 is 0 Å². The SMILES string of the molecule is COc1cc(C)cc(C)c1Cc1ccc(N)cc1. The van der Waals surface area contributed by atoms with Gasteiger partial charge in [0.15, 0.2) is 0 Å². The fourth-order valence-electron chi connectivity index (χ4n) is 2.21. The molecule has 18 heavy (non-hydrogen) atoms. The van der Waals surface area contributed by atoms with Gasteiger partial charge in [0, 0.05) is 17.7 Å². The quantitative estimate of drug-likeness (QED) is 0.835. The van der Waals surface area contributed by atoms with Gasteiger partial charge in [-0.15, -0.1) is 0 Å². The average molecular weight is 241 g/mol. The van der Waals surface area contributed by atoms with Gasteiger partial charge in [0.05, 0.1) is 7.11 Å². The largest absolute Gasteiger partial charge is 0.496 e.